The first kappa shape index (κ1) is 17.0. The van der Waals surface area contributed by atoms with Crippen LogP contribution in [0.4, 0.5) is 5.69 Å². The van der Waals surface area contributed by atoms with Crippen LogP contribution in [0.2, 0.25) is 0 Å². The number of halogens is 1. The van der Waals surface area contributed by atoms with Gasteiger partial charge in [0.15, 0.2) is 0 Å². The molecule has 4 heteroatoms. The summed E-state index contributed by atoms with van der Waals surface area (Å²) < 4.78 is 0. The number of para-hydroxylation sites is 1. The molecule has 1 heterocycles. The number of aryl methyl sites for hydroxylation is 1. The summed E-state index contributed by atoms with van der Waals surface area (Å²) in [7, 11) is 0. The summed E-state index contributed by atoms with van der Waals surface area (Å²) >= 11 is 0. The standard InChI is InChI=1S/C16H24N2O.ClH/c1-14-8-4-5-9-15(14)17-16(19)10-13-18-11-6-2-3-7-12-18;/h4-5,8-9H,2-3,6-7,10-13H2,1H3,(H,17,19);1H. The minimum atomic E-state index is 0. The largest absolute Gasteiger partial charge is 0.326 e. The number of hydrogen-bond donors (Lipinski definition) is 1. The molecule has 0 aliphatic carbocycles. The van der Waals surface area contributed by atoms with Crippen LogP contribution in [0.25, 0.3) is 0 Å². The van der Waals surface area contributed by atoms with Gasteiger partial charge in [0, 0.05) is 18.7 Å². The molecule has 0 spiro atoms. The zero-order valence-electron chi connectivity index (χ0n) is 12.2. The summed E-state index contributed by atoms with van der Waals surface area (Å²) in [5.41, 5.74) is 2.05. The van der Waals surface area contributed by atoms with Gasteiger partial charge in [0.25, 0.3) is 0 Å². The number of hydrogen-bond acceptors (Lipinski definition) is 2. The smallest absolute Gasteiger partial charge is 0.225 e. The molecule has 0 aromatic heterocycles. The Balaban J connectivity index is 0.00000200. The Morgan fingerprint density at radius 3 is 2.45 bits per heavy atom. The Bertz CT molecular complexity index is 415. The first-order valence-electron chi connectivity index (χ1n) is 7.33. The molecule has 1 aliphatic heterocycles. The fraction of sp³-hybridized carbons (Fsp3) is 0.562. The molecule has 3 nitrogen and oxygen atoms in total. The molecule has 1 aromatic rings. The quantitative estimate of drug-likeness (QED) is 0.920. The van der Waals surface area contributed by atoms with Gasteiger partial charge in [0.2, 0.25) is 5.91 Å². The molecule has 1 amide bonds. The van der Waals surface area contributed by atoms with Gasteiger partial charge in [-0.15, -0.1) is 12.4 Å². The molecular weight excluding hydrogens is 272 g/mol. The average molecular weight is 297 g/mol. The van der Waals surface area contributed by atoms with Gasteiger partial charge in [0.05, 0.1) is 0 Å². The molecule has 1 aliphatic rings. The number of likely N-dealkylation sites (tertiary alicyclic amines) is 1. The molecule has 0 atom stereocenters. The van der Waals surface area contributed by atoms with Crippen molar-refractivity contribution in [1.82, 2.24) is 4.90 Å². The van der Waals surface area contributed by atoms with Gasteiger partial charge in [-0.3, -0.25) is 4.79 Å². The molecule has 1 aromatic carbocycles. The molecule has 1 N–H and O–H groups in total. The minimum absolute atomic E-state index is 0. The SMILES string of the molecule is Cc1ccccc1NC(=O)CCN1CCCCCC1.Cl. The zero-order chi connectivity index (χ0) is 13.5. The zero-order valence-corrected chi connectivity index (χ0v) is 13.0. The lowest BCUT2D eigenvalue weighted by molar-refractivity contribution is -0.116. The molecule has 2 rings (SSSR count). The number of rotatable bonds is 4. The molecule has 0 saturated carbocycles. The summed E-state index contributed by atoms with van der Waals surface area (Å²) in [5.74, 6) is 0.124. The number of carbonyl (C=O) groups excluding carboxylic acids is 1. The van der Waals surface area contributed by atoms with E-state index >= 15 is 0 Å². The highest BCUT2D eigenvalue weighted by Gasteiger charge is 2.11. The van der Waals surface area contributed by atoms with Gasteiger partial charge in [-0.2, -0.15) is 0 Å². The Labute approximate surface area is 128 Å². The number of nitrogens with one attached hydrogen (secondary N) is 1. The maximum Gasteiger partial charge on any atom is 0.225 e. The van der Waals surface area contributed by atoms with Crippen LogP contribution in [0.3, 0.4) is 0 Å². The molecular formula is C16H25ClN2O. The second kappa shape index (κ2) is 8.98. The van der Waals surface area contributed by atoms with E-state index in [-0.39, 0.29) is 18.3 Å². The predicted molar refractivity (Wildman–Crippen MR) is 86.6 cm³/mol. The van der Waals surface area contributed by atoms with Crippen molar-refractivity contribution in [3.63, 3.8) is 0 Å². The lowest BCUT2D eigenvalue weighted by Crippen LogP contribution is -2.28. The third-order valence-electron chi connectivity index (χ3n) is 3.77. The minimum Gasteiger partial charge on any atom is -0.326 e. The van der Waals surface area contributed by atoms with Crippen LogP contribution in [0.1, 0.15) is 37.7 Å². The van der Waals surface area contributed by atoms with Crippen LogP contribution < -0.4 is 5.32 Å². The van der Waals surface area contributed by atoms with Crippen molar-refractivity contribution in [1.29, 1.82) is 0 Å². The number of benzene rings is 1. The van der Waals surface area contributed by atoms with Crippen molar-refractivity contribution < 1.29 is 4.79 Å². The molecule has 0 radical (unpaired) electrons. The van der Waals surface area contributed by atoms with Gasteiger partial charge in [-0.1, -0.05) is 31.0 Å². The van der Waals surface area contributed by atoms with E-state index in [1.807, 2.05) is 31.2 Å². The van der Waals surface area contributed by atoms with Crippen LogP contribution in [0.5, 0.6) is 0 Å². The number of carbonyl (C=O) groups is 1. The summed E-state index contributed by atoms with van der Waals surface area (Å²) in [6.45, 7) is 5.21. The monoisotopic (exact) mass is 296 g/mol. The normalized spacial score (nSPS) is 16.1. The summed E-state index contributed by atoms with van der Waals surface area (Å²) in [4.78, 5) is 14.4. The lowest BCUT2D eigenvalue weighted by Gasteiger charge is -2.19. The Morgan fingerprint density at radius 1 is 1.15 bits per heavy atom. The van der Waals surface area contributed by atoms with Crippen LogP contribution in [-0.2, 0) is 4.79 Å². The first-order chi connectivity index (χ1) is 9.25. The topological polar surface area (TPSA) is 32.3 Å². The van der Waals surface area contributed by atoms with Crippen molar-refractivity contribution in [3.8, 4) is 0 Å². The van der Waals surface area contributed by atoms with Crippen molar-refractivity contribution in [2.75, 3.05) is 25.0 Å². The lowest BCUT2D eigenvalue weighted by atomic mass is 10.2. The number of anilines is 1. The predicted octanol–water partition coefficient (Wildman–Crippen LogP) is 3.62. The van der Waals surface area contributed by atoms with E-state index in [2.05, 4.69) is 10.2 Å². The van der Waals surface area contributed by atoms with E-state index in [1.165, 1.54) is 25.7 Å². The maximum atomic E-state index is 12.0. The van der Waals surface area contributed by atoms with Crippen LogP contribution in [-0.4, -0.2) is 30.4 Å². The van der Waals surface area contributed by atoms with E-state index in [9.17, 15) is 4.79 Å². The molecule has 0 unspecified atom stereocenters. The molecule has 1 fully saturated rings. The highest BCUT2D eigenvalue weighted by molar-refractivity contribution is 5.91. The van der Waals surface area contributed by atoms with Crippen LogP contribution >= 0.6 is 12.4 Å². The van der Waals surface area contributed by atoms with Crippen LogP contribution in [0.15, 0.2) is 24.3 Å². The highest BCUT2D eigenvalue weighted by Crippen LogP contribution is 2.14. The van der Waals surface area contributed by atoms with E-state index in [1.54, 1.807) is 0 Å². The summed E-state index contributed by atoms with van der Waals surface area (Å²) in [6, 6.07) is 7.92. The third-order valence-corrected chi connectivity index (χ3v) is 3.77. The third kappa shape index (κ3) is 5.51. The fourth-order valence-electron chi connectivity index (χ4n) is 2.55. The molecule has 0 bridgehead atoms. The van der Waals surface area contributed by atoms with E-state index < -0.39 is 0 Å². The molecule has 20 heavy (non-hydrogen) atoms. The van der Waals surface area contributed by atoms with E-state index in [4.69, 9.17) is 0 Å². The van der Waals surface area contributed by atoms with Crippen molar-refractivity contribution in [3.05, 3.63) is 29.8 Å². The first-order valence-corrected chi connectivity index (χ1v) is 7.33. The van der Waals surface area contributed by atoms with Crippen LogP contribution in [0, 0.1) is 6.92 Å². The fourth-order valence-corrected chi connectivity index (χ4v) is 2.55. The molecule has 1 saturated heterocycles. The summed E-state index contributed by atoms with van der Waals surface area (Å²) in [5, 5.41) is 3.00. The van der Waals surface area contributed by atoms with E-state index in [0.717, 1.165) is 30.9 Å². The van der Waals surface area contributed by atoms with Crippen molar-refractivity contribution in [2.45, 2.75) is 39.0 Å². The second-order valence-corrected chi connectivity index (χ2v) is 5.37. The Morgan fingerprint density at radius 2 is 1.80 bits per heavy atom. The van der Waals surface area contributed by atoms with E-state index in [0.29, 0.717) is 6.42 Å². The van der Waals surface area contributed by atoms with Gasteiger partial charge < -0.3 is 10.2 Å². The Kier molecular flexibility index (Phi) is 7.63. The van der Waals surface area contributed by atoms with Gasteiger partial charge >= 0.3 is 0 Å². The Hall–Kier alpha value is -1.06. The van der Waals surface area contributed by atoms with Crippen molar-refractivity contribution in [2.24, 2.45) is 0 Å². The number of nitrogens with zero attached hydrogens (tertiary/aromatic N) is 1. The molecule has 112 valence electrons. The van der Waals surface area contributed by atoms with Gasteiger partial charge in [-0.05, 0) is 44.5 Å². The highest BCUT2D eigenvalue weighted by atomic mass is 35.5. The maximum absolute atomic E-state index is 12.0. The van der Waals surface area contributed by atoms with Gasteiger partial charge in [0.1, 0.15) is 0 Å². The van der Waals surface area contributed by atoms with Crippen molar-refractivity contribution >= 4 is 24.0 Å². The number of amides is 1. The van der Waals surface area contributed by atoms with Gasteiger partial charge in [-0.25, -0.2) is 0 Å². The second-order valence-electron chi connectivity index (χ2n) is 5.37. The summed E-state index contributed by atoms with van der Waals surface area (Å²) in [6.07, 6.45) is 5.82. The average Bonchev–Trinajstić information content (AvgIpc) is 2.68.